The van der Waals surface area contributed by atoms with Crippen LogP contribution in [0.25, 0.3) is 0 Å². The second-order valence-corrected chi connectivity index (χ2v) is 5.09. The molecular formula is C14H6BrF2NO2. The van der Waals surface area contributed by atoms with Crippen molar-refractivity contribution in [3.63, 3.8) is 0 Å². The molecule has 3 rings (SSSR count). The fourth-order valence-corrected chi connectivity index (χ4v) is 2.66. The third kappa shape index (κ3) is 1.76. The van der Waals surface area contributed by atoms with E-state index in [2.05, 4.69) is 15.9 Å². The van der Waals surface area contributed by atoms with Crippen LogP contribution in [0.4, 0.5) is 14.5 Å². The molecule has 0 N–H and O–H groups in total. The Morgan fingerprint density at radius 2 is 1.85 bits per heavy atom. The number of carbonyl (C=O) groups excluding carboxylic acids is 1. The van der Waals surface area contributed by atoms with Gasteiger partial charge in [-0.05, 0) is 46.3 Å². The quantitative estimate of drug-likeness (QED) is 0.590. The molecule has 6 heteroatoms. The number of hydrogen-bond donors (Lipinski definition) is 0. The van der Waals surface area contributed by atoms with Crippen LogP contribution in [0.3, 0.4) is 0 Å². The zero-order valence-electron chi connectivity index (χ0n) is 9.86. The molecule has 2 aromatic carbocycles. The van der Waals surface area contributed by atoms with Crippen LogP contribution in [0.15, 0.2) is 40.9 Å². The van der Waals surface area contributed by atoms with Gasteiger partial charge in [-0.2, -0.15) is 4.74 Å². The van der Waals surface area contributed by atoms with E-state index >= 15 is 0 Å². The minimum absolute atomic E-state index is 0.0481. The molecule has 0 saturated heterocycles. The third-order valence-corrected chi connectivity index (χ3v) is 3.69. The summed E-state index contributed by atoms with van der Waals surface area (Å²) in [7, 11) is 0. The van der Waals surface area contributed by atoms with Gasteiger partial charge < -0.3 is 5.21 Å². The number of carbonyl (C=O) groups is 1. The maximum atomic E-state index is 13.3. The summed E-state index contributed by atoms with van der Waals surface area (Å²) in [5.41, 5.74) is 0.240. The van der Waals surface area contributed by atoms with Crippen LogP contribution in [0.1, 0.15) is 15.9 Å². The Morgan fingerprint density at radius 3 is 2.50 bits per heavy atom. The van der Waals surface area contributed by atoms with Crippen LogP contribution < -0.4 is 0 Å². The monoisotopic (exact) mass is 337 g/mol. The van der Waals surface area contributed by atoms with Crippen molar-refractivity contribution in [3.05, 3.63) is 68.8 Å². The zero-order chi connectivity index (χ0) is 14.4. The van der Waals surface area contributed by atoms with E-state index in [4.69, 9.17) is 0 Å². The van der Waals surface area contributed by atoms with Crippen molar-refractivity contribution in [2.75, 3.05) is 0 Å². The number of rotatable bonds is 1. The Balaban J connectivity index is 2.23. The van der Waals surface area contributed by atoms with Crippen molar-refractivity contribution in [1.82, 2.24) is 0 Å². The van der Waals surface area contributed by atoms with E-state index in [1.165, 1.54) is 12.1 Å². The molecule has 0 aliphatic carbocycles. The van der Waals surface area contributed by atoms with Crippen molar-refractivity contribution in [1.29, 1.82) is 0 Å². The highest BCUT2D eigenvalue weighted by Gasteiger charge is 2.38. The van der Waals surface area contributed by atoms with Gasteiger partial charge in [0.2, 0.25) is 5.69 Å². The smallest absolute Gasteiger partial charge is 0.273 e. The Morgan fingerprint density at radius 1 is 1.10 bits per heavy atom. The number of Topliss-reactive ketones (excluding diaryl/α,β-unsaturated/α-hetero) is 1. The third-order valence-electron chi connectivity index (χ3n) is 3.05. The minimum Gasteiger partial charge on any atom is -0.618 e. The highest BCUT2D eigenvalue weighted by molar-refractivity contribution is 9.10. The summed E-state index contributed by atoms with van der Waals surface area (Å²) < 4.78 is 27.1. The predicted octanol–water partition coefficient (Wildman–Crippen LogP) is 3.55. The second kappa shape index (κ2) is 4.49. The largest absolute Gasteiger partial charge is 0.618 e. The molecule has 20 heavy (non-hydrogen) atoms. The summed E-state index contributed by atoms with van der Waals surface area (Å²) in [4.78, 5) is 12.2. The molecule has 3 nitrogen and oxygen atoms in total. The van der Waals surface area contributed by atoms with E-state index in [1.807, 2.05) is 0 Å². The molecule has 0 fully saturated rings. The van der Waals surface area contributed by atoms with E-state index in [0.29, 0.717) is 9.21 Å². The molecule has 0 aromatic heterocycles. The molecule has 0 unspecified atom stereocenters. The summed E-state index contributed by atoms with van der Waals surface area (Å²) in [6.45, 7) is 0. The lowest BCUT2D eigenvalue weighted by atomic mass is 10.0. The van der Waals surface area contributed by atoms with E-state index in [0.717, 1.165) is 12.1 Å². The average Bonchev–Trinajstić information content (AvgIpc) is 2.67. The van der Waals surface area contributed by atoms with Gasteiger partial charge in [-0.25, -0.2) is 8.78 Å². The molecule has 100 valence electrons. The molecule has 1 heterocycles. The normalized spacial score (nSPS) is 13.8. The number of fused-ring (bicyclic) bond motifs is 1. The molecule has 0 saturated carbocycles. The van der Waals surface area contributed by atoms with Gasteiger partial charge in [0.15, 0.2) is 11.6 Å². The number of benzene rings is 2. The molecular weight excluding hydrogens is 332 g/mol. The first-order valence-electron chi connectivity index (χ1n) is 5.63. The van der Waals surface area contributed by atoms with Crippen LogP contribution in [-0.2, 0) is 0 Å². The van der Waals surface area contributed by atoms with Crippen LogP contribution in [0, 0.1) is 16.8 Å². The maximum Gasteiger partial charge on any atom is 0.273 e. The van der Waals surface area contributed by atoms with Crippen LogP contribution in [0.5, 0.6) is 0 Å². The molecule has 0 amide bonds. The minimum atomic E-state index is -1.11. The van der Waals surface area contributed by atoms with Gasteiger partial charge in [0.1, 0.15) is 5.56 Å². The van der Waals surface area contributed by atoms with Crippen molar-refractivity contribution < 1.29 is 18.3 Å². The Labute approximate surface area is 120 Å². The van der Waals surface area contributed by atoms with E-state index in [-0.39, 0.29) is 22.5 Å². The molecule has 1 aliphatic rings. The van der Waals surface area contributed by atoms with Crippen molar-refractivity contribution in [2.45, 2.75) is 0 Å². The van der Waals surface area contributed by atoms with Gasteiger partial charge in [-0.15, -0.1) is 0 Å². The summed E-state index contributed by atoms with van der Waals surface area (Å²) in [5, 5.41) is 12.2. The summed E-state index contributed by atoms with van der Waals surface area (Å²) >= 11 is 3.20. The number of hydrogen-bond acceptors (Lipinski definition) is 2. The number of ketones is 1. The number of para-hydroxylation sites is 1. The van der Waals surface area contributed by atoms with Crippen molar-refractivity contribution in [2.24, 2.45) is 0 Å². The summed E-state index contributed by atoms with van der Waals surface area (Å²) in [6, 6.07) is 7.70. The van der Waals surface area contributed by atoms with E-state index < -0.39 is 17.4 Å². The standard InChI is InChI=1S/C14H6BrF2NO2/c15-9-3-1-2-8-13(9)18(20)12(14(8)19)7-4-5-10(16)11(17)6-7/h1-6H. The topological polar surface area (TPSA) is 43.1 Å². The highest BCUT2D eigenvalue weighted by Crippen LogP contribution is 2.34. The van der Waals surface area contributed by atoms with Crippen LogP contribution in [0.2, 0.25) is 0 Å². The Kier molecular flexibility index (Phi) is 2.90. The maximum absolute atomic E-state index is 13.3. The first-order chi connectivity index (χ1) is 9.50. The molecule has 0 bridgehead atoms. The van der Waals surface area contributed by atoms with Gasteiger partial charge in [0, 0.05) is 0 Å². The SMILES string of the molecule is O=C1C(c2ccc(F)c(F)c2)=[N+]([O-])c2c(Br)cccc21. The Hall–Kier alpha value is -2.08. The molecule has 1 aliphatic heterocycles. The zero-order valence-corrected chi connectivity index (χ0v) is 11.4. The highest BCUT2D eigenvalue weighted by atomic mass is 79.9. The average molecular weight is 338 g/mol. The van der Waals surface area contributed by atoms with Gasteiger partial charge in [-0.1, -0.05) is 6.07 Å². The second-order valence-electron chi connectivity index (χ2n) is 4.24. The first kappa shape index (κ1) is 12.9. The van der Waals surface area contributed by atoms with Crippen molar-refractivity contribution in [3.8, 4) is 0 Å². The van der Waals surface area contributed by atoms with E-state index in [1.54, 1.807) is 12.1 Å². The summed E-state index contributed by atoms with van der Waals surface area (Å²) in [6.07, 6.45) is 0. The van der Waals surface area contributed by atoms with Gasteiger partial charge in [-0.3, -0.25) is 4.79 Å². The van der Waals surface area contributed by atoms with Crippen LogP contribution >= 0.6 is 15.9 Å². The van der Waals surface area contributed by atoms with Gasteiger partial charge in [0.25, 0.3) is 11.5 Å². The lowest BCUT2D eigenvalue weighted by Gasteiger charge is -2.03. The van der Waals surface area contributed by atoms with Gasteiger partial charge in [0.05, 0.1) is 10.0 Å². The van der Waals surface area contributed by atoms with E-state index in [9.17, 15) is 18.8 Å². The molecule has 2 aromatic rings. The number of halogens is 3. The summed E-state index contributed by atoms with van der Waals surface area (Å²) in [5.74, 6) is -2.65. The molecule has 0 radical (unpaired) electrons. The molecule has 0 spiro atoms. The van der Waals surface area contributed by atoms with Crippen LogP contribution in [-0.4, -0.2) is 16.2 Å². The number of nitrogens with zero attached hydrogens (tertiary/aromatic N) is 1. The fraction of sp³-hybridized carbons (Fsp3) is 0. The lowest BCUT2D eigenvalue weighted by Crippen LogP contribution is -2.17. The Bertz CT molecular complexity index is 787. The first-order valence-corrected chi connectivity index (χ1v) is 6.43. The predicted molar refractivity (Wildman–Crippen MR) is 72.2 cm³/mol. The van der Waals surface area contributed by atoms with Gasteiger partial charge >= 0.3 is 0 Å². The molecule has 0 atom stereocenters. The lowest BCUT2D eigenvalue weighted by molar-refractivity contribution is -0.356. The van der Waals surface area contributed by atoms with Crippen molar-refractivity contribution >= 4 is 33.1 Å². The fourth-order valence-electron chi connectivity index (χ4n) is 2.13.